The Hall–Kier alpha value is -2.05. The molecule has 1 rings (SSSR count). The zero-order chi connectivity index (χ0) is 15.2. The summed E-state index contributed by atoms with van der Waals surface area (Å²) in [6.45, 7) is 5.81. The van der Waals surface area contributed by atoms with Gasteiger partial charge in [0, 0.05) is 25.0 Å². The number of carbonyl (C=O) groups excluding carboxylic acids is 1. The van der Waals surface area contributed by atoms with E-state index >= 15 is 0 Å². The van der Waals surface area contributed by atoms with Crippen LogP contribution in [0.5, 0.6) is 0 Å². The molecular weight excluding hydrogens is 260 g/mol. The lowest BCUT2D eigenvalue weighted by Crippen LogP contribution is -2.56. The topological polar surface area (TPSA) is 96.3 Å². The molecule has 20 heavy (non-hydrogen) atoms. The number of carboxylic acids is 1. The van der Waals surface area contributed by atoms with Crippen molar-refractivity contribution in [3.8, 4) is 0 Å². The van der Waals surface area contributed by atoms with Crippen molar-refractivity contribution >= 4 is 12.0 Å². The Kier molecular flexibility index (Phi) is 5.54. The Labute approximate surface area is 118 Å². The first-order valence-corrected chi connectivity index (χ1v) is 6.65. The maximum absolute atomic E-state index is 11.9. The van der Waals surface area contributed by atoms with Crippen molar-refractivity contribution < 1.29 is 14.7 Å². The summed E-state index contributed by atoms with van der Waals surface area (Å²) < 4.78 is 1.84. The number of aromatic nitrogens is 2. The van der Waals surface area contributed by atoms with Crippen LogP contribution in [-0.2, 0) is 11.3 Å². The van der Waals surface area contributed by atoms with Crippen molar-refractivity contribution in [1.82, 2.24) is 20.2 Å². The zero-order valence-electron chi connectivity index (χ0n) is 12.1. The smallest absolute Gasteiger partial charge is 0.329 e. The van der Waals surface area contributed by atoms with Crippen molar-refractivity contribution in [3.05, 3.63) is 18.7 Å². The Morgan fingerprint density at radius 1 is 1.50 bits per heavy atom. The van der Waals surface area contributed by atoms with Crippen LogP contribution in [0.3, 0.4) is 0 Å². The lowest BCUT2D eigenvalue weighted by atomic mass is 9.97. The quantitative estimate of drug-likeness (QED) is 0.700. The number of carboxylic acid groups (broad SMARTS) is 1. The van der Waals surface area contributed by atoms with Gasteiger partial charge < -0.3 is 20.3 Å². The number of nitrogens with zero attached hydrogens (tertiary/aromatic N) is 2. The van der Waals surface area contributed by atoms with Crippen molar-refractivity contribution in [2.24, 2.45) is 0 Å². The number of amides is 2. The first kappa shape index (κ1) is 16.0. The van der Waals surface area contributed by atoms with Crippen molar-refractivity contribution in [2.75, 3.05) is 0 Å². The number of nitrogens with one attached hydrogen (secondary N) is 2. The summed E-state index contributed by atoms with van der Waals surface area (Å²) in [6, 6.07) is -0.611. The van der Waals surface area contributed by atoms with Crippen LogP contribution in [0.25, 0.3) is 0 Å². The van der Waals surface area contributed by atoms with Crippen LogP contribution in [-0.4, -0.2) is 38.2 Å². The number of rotatable bonds is 7. The van der Waals surface area contributed by atoms with E-state index in [1.54, 1.807) is 18.7 Å². The Morgan fingerprint density at radius 2 is 2.20 bits per heavy atom. The Balaban J connectivity index is 2.51. The molecule has 0 aromatic carbocycles. The van der Waals surface area contributed by atoms with Crippen molar-refractivity contribution in [1.29, 1.82) is 0 Å². The van der Waals surface area contributed by atoms with Gasteiger partial charge in [-0.1, -0.05) is 13.3 Å². The molecule has 7 heteroatoms. The summed E-state index contributed by atoms with van der Waals surface area (Å²) in [6.07, 6.45) is 6.18. The third-order valence-electron chi connectivity index (χ3n) is 3.03. The SMILES string of the molecule is CCCC(C)(NC(=O)NC(C)Cn1ccnc1)C(=O)O. The van der Waals surface area contributed by atoms with Gasteiger partial charge in [-0.05, 0) is 20.3 Å². The number of imidazole rings is 1. The maximum atomic E-state index is 11.9. The minimum absolute atomic E-state index is 0.135. The van der Waals surface area contributed by atoms with E-state index < -0.39 is 17.5 Å². The molecule has 0 aliphatic heterocycles. The lowest BCUT2D eigenvalue weighted by Gasteiger charge is -2.27. The van der Waals surface area contributed by atoms with Gasteiger partial charge in [-0.2, -0.15) is 0 Å². The number of aliphatic carboxylic acids is 1. The van der Waals surface area contributed by atoms with Gasteiger partial charge in [0.2, 0.25) is 0 Å². The van der Waals surface area contributed by atoms with Crippen LogP contribution in [0.1, 0.15) is 33.6 Å². The van der Waals surface area contributed by atoms with Gasteiger partial charge in [0.1, 0.15) is 5.54 Å². The van der Waals surface area contributed by atoms with E-state index in [4.69, 9.17) is 0 Å². The van der Waals surface area contributed by atoms with E-state index in [0.29, 0.717) is 19.4 Å². The van der Waals surface area contributed by atoms with Crippen LogP contribution in [0, 0.1) is 0 Å². The van der Waals surface area contributed by atoms with Gasteiger partial charge >= 0.3 is 12.0 Å². The van der Waals surface area contributed by atoms with Crippen LogP contribution in [0.4, 0.5) is 4.79 Å². The molecule has 7 nitrogen and oxygen atoms in total. The highest BCUT2D eigenvalue weighted by Gasteiger charge is 2.33. The summed E-state index contributed by atoms with van der Waals surface area (Å²) in [5.74, 6) is -1.03. The first-order chi connectivity index (χ1) is 9.37. The van der Waals surface area contributed by atoms with E-state index in [-0.39, 0.29) is 6.04 Å². The fraction of sp³-hybridized carbons (Fsp3) is 0.615. The molecule has 0 fully saturated rings. The van der Waals surface area contributed by atoms with Crippen molar-refractivity contribution in [2.45, 2.75) is 51.7 Å². The Bertz CT molecular complexity index is 446. The van der Waals surface area contributed by atoms with Gasteiger partial charge in [-0.15, -0.1) is 0 Å². The first-order valence-electron chi connectivity index (χ1n) is 6.65. The molecule has 2 unspecified atom stereocenters. The van der Waals surface area contributed by atoms with Gasteiger partial charge in [0.25, 0.3) is 0 Å². The molecule has 2 atom stereocenters. The summed E-state index contributed by atoms with van der Waals surface area (Å²) in [5, 5.41) is 14.5. The molecule has 0 saturated heterocycles. The molecule has 2 amide bonds. The average Bonchev–Trinajstić information content (AvgIpc) is 2.80. The summed E-state index contributed by atoms with van der Waals surface area (Å²) in [4.78, 5) is 27.0. The summed E-state index contributed by atoms with van der Waals surface area (Å²) in [5.41, 5.74) is -1.24. The summed E-state index contributed by atoms with van der Waals surface area (Å²) >= 11 is 0. The van der Waals surface area contributed by atoms with Gasteiger partial charge in [0.05, 0.1) is 6.33 Å². The molecule has 1 aromatic heterocycles. The molecule has 3 N–H and O–H groups in total. The normalized spacial score (nSPS) is 15.2. The monoisotopic (exact) mass is 282 g/mol. The van der Waals surface area contributed by atoms with Gasteiger partial charge in [-0.3, -0.25) is 0 Å². The van der Waals surface area contributed by atoms with Gasteiger partial charge in [-0.25, -0.2) is 14.6 Å². The van der Waals surface area contributed by atoms with Crippen LogP contribution >= 0.6 is 0 Å². The van der Waals surface area contributed by atoms with E-state index in [9.17, 15) is 14.7 Å². The number of hydrogen-bond acceptors (Lipinski definition) is 3. The molecule has 112 valence electrons. The van der Waals surface area contributed by atoms with Crippen molar-refractivity contribution in [3.63, 3.8) is 0 Å². The summed E-state index contributed by atoms with van der Waals surface area (Å²) in [7, 11) is 0. The molecule has 1 aromatic rings. The van der Waals surface area contributed by atoms with Crippen LogP contribution < -0.4 is 10.6 Å². The predicted molar refractivity (Wildman–Crippen MR) is 74.3 cm³/mol. The maximum Gasteiger partial charge on any atom is 0.329 e. The highest BCUT2D eigenvalue weighted by atomic mass is 16.4. The Morgan fingerprint density at radius 3 is 2.70 bits per heavy atom. The number of hydrogen-bond donors (Lipinski definition) is 3. The van der Waals surface area contributed by atoms with E-state index in [1.165, 1.54) is 6.92 Å². The lowest BCUT2D eigenvalue weighted by molar-refractivity contribution is -0.144. The van der Waals surface area contributed by atoms with E-state index in [0.717, 1.165) is 0 Å². The molecule has 0 bridgehead atoms. The second kappa shape index (κ2) is 6.93. The van der Waals surface area contributed by atoms with Gasteiger partial charge in [0.15, 0.2) is 0 Å². The molecule has 1 heterocycles. The standard InChI is InChI=1S/C13H22N4O3/c1-4-5-13(3,11(18)19)16-12(20)15-10(2)8-17-7-6-14-9-17/h6-7,9-10H,4-5,8H2,1-3H3,(H,18,19)(H2,15,16,20). The molecule has 0 radical (unpaired) electrons. The molecule has 0 saturated carbocycles. The van der Waals surface area contributed by atoms with Crippen LogP contribution in [0.2, 0.25) is 0 Å². The van der Waals surface area contributed by atoms with Crippen LogP contribution in [0.15, 0.2) is 18.7 Å². The minimum Gasteiger partial charge on any atom is -0.480 e. The predicted octanol–water partition coefficient (Wildman–Crippen LogP) is 1.21. The second-order valence-electron chi connectivity index (χ2n) is 5.15. The molecule has 0 spiro atoms. The molecule has 0 aliphatic rings. The molecule has 0 aliphatic carbocycles. The van der Waals surface area contributed by atoms with E-state index in [1.807, 2.05) is 18.4 Å². The third kappa shape index (κ3) is 4.56. The highest BCUT2D eigenvalue weighted by molar-refractivity contribution is 5.85. The second-order valence-corrected chi connectivity index (χ2v) is 5.15. The third-order valence-corrected chi connectivity index (χ3v) is 3.03. The fourth-order valence-corrected chi connectivity index (χ4v) is 1.99. The largest absolute Gasteiger partial charge is 0.480 e. The number of urea groups is 1. The average molecular weight is 282 g/mol. The minimum atomic E-state index is -1.24. The van der Waals surface area contributed by atoms with E-state index in [2.05, 4.69) is 15.6 Å². The number of carbonyl (C=O) groups is 2. The highest BCUT2D eigenvalue weighted by Crippen LogP contribution is 2.12. The molecular formula is C13H22N4O3. The zero-order valence-corrected chi connectivity index (χ0v) is 12.1. The fourth-order valence-electron chi connectivity index (χ4n) is 1.99.